The fourth-order valence-electron chi connectivity index (χ4n) is 4.40. The number of rotatable bonds is 10. The van der Waals surface area contributed by atoms with Crippen molar-refractivity contribution in [1.29, 1.82) is 0 Å². The van der Waals surface area contributed by atoms with Gasteiger partial charge in [-0.1, -0.05) is 41.9 Å². The lowest BCUT2D eigenvalue weighted by atomic mass is 10.0. The molecule has 39 heavy (non-hydrogen) atoms. The number of urea groups is 1. The minimum atomic E-state index is -4.21. The van der Waals surface area contributed by atoms with Crippen molar-refractivity contribution in [3.8, 4) is 0 Å². The molecule has 13 heteroatoms. The summed E-state index contributed by atoms with van der Waals surface area (Å²) < 4.78 is 27.3. The number of nitrogens with zero attached hydrogens (tertiary/aromatic N) is 2. The molecule has 0 spiro atoms. The van der Waals surface area contributed by atoms with Crippen molar-refractivity contribution in [2.75, 3.05) is 13.1 Å². The van der Waals surface area contributed by atoms with Crippen LogP contribution in [0.3, 0.4) is 0 Å². The molecule has 0 bridgehead atoms. The largest absolute Gasteiger partial charge is 0.354 e. The van der Waals surface area contributed by atoms with Crippen LogP contribution in [0.5, 0.6) is 0 Å². The Morgan fingerprint density at radius 2 is 1.85 bits per heavy atom. The molecule has 1 aliphatic heterocycles. The van der Waals surface area contributed by atoms with Crippen molar-refractivity contribution in [3.05, 3.63) is 83.4 Å². The minimum absolute atomic E-state index is 0.110. The van der Waals surface area contributed by atoms with E-state index < -0.39 is 34.0 Å². The van der Waals surface area contributed by atoms with Gasteiger partial charge in [-0.3, -0.25) is 9.59 Å². The van der Waals surface area contributed by atoms with E-state index in [0.717, 1.165) is 11.3 Å². The molecule has 0 radical (unpaired) electrons. The summed E-state index contributed by atoms with van der Waals surface area (Å²) in [6.45, 7) is 0.714. The lowest BCUT2D eigenvalue weighted by Gasteiger charge is -2.29. The Bertz CT molecular complexity index is 1380. The summed E-state index contributed by atoms with van der Waals surface area (Å²) in [5.74, 6) is -0.752. The Balaban J connectivity index is 1.45. The zero-order chi connectivity index (χ0) is 27.8. The fourth-order valence-corrected chi connectivity index (χ4v) is 5.44. The van der Waals surface area contributed by atoms with Crippen molar-refractivity contribution >= 4 is 39.5 Å². The molecule has 4 N–H and O–H groups in total. The number of amides is 4. The van der Waals surface area contributed by atoms with E-state index in [9.17, 15) is 22.8 Å². The Hall–Kier alpha value is -3.90. The Morgan fingerprint density at radius 3 is 2.54 bits per heavy atom. The van der Waals surface area contributed by atoms with E-state index in [1.807, 2.05) is 10.8 Å². The second-order valence-electron chi connectivity index (χ2n) is 9.08. The third kappa shape index (κ3) is 7.58. The number of nitrogens with one attached hydrogen (secondary N) is 4. The first-order valence-corrected chi connectivity index (χ1v) is 14.3. The molecule has 0 aliphatic carbocycles. The monoisotopic (exact) mass is 572 g/mol. The predicted octanol–water partition coefficient (Wildman–Crippen LogP) is 2.01. The zero-order valence-corrected chi connectivity index (χ0v) is 22.5. The average molecular weight is 573 g/mol. The quantitative estimate of drug-likeness (QED) is 0.291. The summed E-state index contributed by atoms with van der Waals surface area (Å²) in [6, 6.07) is 11.5. The molecule has 11 nitrogen and oxygen atoms in total. The summed E-state index contributed by atoms with van der Waals surface area (Å²) >= 11 is 5.83. The number of hydrogen-bond donors (Lipinski definition) is 4. The maximum atomic E-state index is 13.7. The number of halogens is 1. The van der Waals surface area contributed by atoms with E-state index in [1.54, 1.807) is 36.8 Å². The van der Waals surface area contributed by atoms with Gasteiger partial charge in [0.05, 0.1) is 11.2 Å². The fraction of sp³-hybridized carbons (Fsp3) is 0.308. The molecule has 4 amide bonds. The first-order chi connectivity index (χ1) is 18.7. The highest BCUT2D eigenvalue weighted by Gasteiger charge is 2.38. The lowest BCUT2D eigenvalue weighted by molar-refractivity contribution is -0.139. The van der Waals surface area contributed by atoms with Gasteiger partial charge in [0.1, 0.15) is 12.1 Å². The van der Waals surface area contributed by atoms with E-state index in [2.05, 4.69) is 20.6 Å². The number of imidazole rings is 1. The van der Waals surface area contributed by atoms with Crippen molar-refractivity contribution in [3.63, 3.8) is 0 Å². The normalized spacial score (nSPS) is 15.9. The van der Waals surface area contributed by atoms with Gasteiger partial charge < -0.3 is 20.5 Å². The number of aromatic amines is 1. The number of carbonyl (C=O) groups is 3. The minimum Gasteiger partial charge on any atom is -0.354 e. The van der Waals surface area contributed by atoms with Crippen molar-refractivity contribution in [2.45, 2.75) is 42.7 Å². The molecule has 1 aromatic heterocycles. The van der Waals surface area contributed by atoms with Gasteiger partial charge in [-0.25, -0.2) is 22.9 Å². The van der Waals surface area contributed by atoms with E-state index in [1.165, 1.54) is 29.2 Å². The Morgan fingerprint density at radius 1 is 1.10 bits per heavy atom. The van der Waals surface area contributed by atoms with Crippen LogP contribution in [0.15, 0.2) is 72.0 Å². The van der Waals surface area contributed by atoms with Gasteiger partial charge in [0.2, 0.25) is 11.8 Å². The summed E-state index contributed by atoms with van der Waals surface area (Å²) in [4.78, 5) is 47.6. The van der Waals surface area contributed by atoms with Gasteiger partial charge in [-0.2, -0.15) is 0 Å². The number of H-pyrrole nitrogens is 1. The van der Waals surface area contributed by atoms with Crippen LogP contribution >= 0.6 is 11.6 Å². The molecule has 1 fully saturated rings. The highest BCUT2D eigenvalue weighted by atomic mass is 35.5. The molecule has 2 aromatic carbocycles. The number of aromatic nitrogens is 2. The zero-order valence-electron chi connectivity index (χ0n) is 21.0. The third-order valence-electron chi connectivity index (χ3n) is 6.32. The molecular formula is C26H29ClN6O5S. The van der Waals surface area contributed by atoms with Crippen LogP contribution in [0.4, 0.5) is 4.79 Å². The van der Waals surface area contributed by atoms with Crippen LogP contribution in [0.2, 0.25) is 5.02 Å². The van der Waals surface area contributed by atoms with Gasteiger partial charge in [-0.05, 0) is 42.7 Å². The molecular weight excluding hydrogens is 544 g/mol. The number of likely N-dealkylation sites (tertiary alicyclic amines) is 1. The lowest BCUT2D eigenvalue weighted by Crippen LogP contribution is -2.56. The molecule has 3 aromatic rings. The van der Waals surface area contributed by atoms with Gasteiger partial charge in [0.15, 0.2) is 0 Å². The molecule has 206 valence electrons. The second-order valence-corrected chi connectivity index (χ2v) is 11.2. The van der Waals surface area contributed by atoms with Gasteiger partial charge in [0, 0.05) is 42.8 Å². The summed E-state index contributed by atoms with van der Waals surface area (Å²) in [7, 11) is -4.21. The maximum absolute atomic E-state index is 13.7. The maximum Gasteiger partial charge on any atom is 0.329 e. The van der Waals surface area contributed by atoms with Crippen molar-refractivity contribution in [1.82, 2.24) is 30.2 Å². The van der Waals surface area contributed by atoms with Gasteiger partial charge in [-0.15, -0.1) is 0 Å². The summed E-state index contributed by atoms with van der Waals surface area (Å²) in [5.41, 5.74) is 1.64. The molecule has 1 aliphatic rings. The number of carbonyl (C=O) groups excluding carboxylic acids is 3. The van der Waals surface area contributed by atoms with Gasteiger partial charge in [0.25, 0.3) is 10.0 Å². The first kappa shape index (κ1) is 28.1. The van der Waals surface area contributed by atoms with Gasteiger partial charge >= 0.3 is 6.03 Å². The molecule has 0 saturated carbocycles. The van der Waals surface area contributed by atoms with Crippen LogP contribution < -0.4 is 15.4 Å². The Kier molecular flexibility index (Phi) is 9.20. The van der Waals surface area contributed by atoms with E-state index >= 15 is 0 Å². The van der Waals surface area contributed by atoms with Crippen LogP contribution in [-0.2, 0) is 32.5 Å². The van der Waals surface area contributed by atoms with Crippen molar-refractivity contribution in [2.24, 2.45) is 0 Å². The molecule has 2 atom stereocenters. The van der Waals surface area contributed by atoms with Crippen molar-refractivity contribution < 1.29 is 22.8 Å². The standard InChI is InChI=1S/C26H29ClN6O5S/c27-19-8-10-21(11-9-19)39(37,38)32-26(36)31-22(15-18-5-2-1-3-6-18)25(35)33-14-4-7-23(33)24(34)29-13-12-20-16-28-17-30-20/h1-3,5-6,8-11,16-17,22-23H,4,7,12-15H2,(H,28,30)(H,29,34)(H2,31,32,36)/t22-,23-/m0/s1. The Labute approximate surface area is 231 Å². The summed E-state index contributed by atoms with van der Waals surface area (Å²) in [6.07, 6.45) is 5.02. The van der Waals surface area contributed by atoms with Crippen LogP contribution in [-0.4, -0.2) is 66.3 Å². The summed E-state index contributed by atoms with van der Waals surface area (Å²) in [5, 5.41) is 5.72. The number of sulfonamides is 1. The number of benzene rings is 2. The molecule has 0 unspecified atom stereocenters. The first-order valence-electron chi connectivity index (χ1n) is 12.4. The number of hydrogen-bond acceptors (Lipinski definition) is 6. The predicted molar refractivity (Wildman–Crippen MR) is 144 cm³/mol. The van der Waals surface area contributed by atoms with E-state index in [4.69, 9.17) is 11.6 Å². The molecule has 4 rings (SSSR count). The highest BCUT2D eigenvalue weighted by molar-refractivity contribution is 7.90. The average Bonchev–Trinajstić information content (AvgIpc) is 3.61. The van der Waals surface area contributed by atoms with Crippen LogP contribution in [0.1, 0.15) is 24.1 Å². The highest BCUT2D eigenvalue weighted by Crippen LogP contribution is 2.20. The third-order valence-corrected chi connectivity index (χ3v) is 7.92. The van der Waals surface area contributed by atoms with Crippen LogP contribution in [0.25, 0.3) is 0 Å². The van der Waals surface area contributed by atoms with Crippen LogP contribution in [0, 0.1) is 0 Å². The topological polar surface area (TPSA) is 153 Å². The SMILES string of the molecule is O=C(N[C@@H](Cc1ccccc1)C(=O)N1CCC[C@H]1C(=O)NCCc1cnc[nH]1)NS(=O)(=O)c1ccc(Cl)cc1. The molecule has 2 heterocycles. The molecule has 1 saturated heterocycles. The van der Waals surface area contributed by atoms with E-state index in [0.29, 0.717) is 37.4 Å². The second kappa shape index (κ2) is 12.8. The smallest absolute Gasteiger partial charge is 0.329 e. The van der Waals surface area contributed by atoms with E-state index in [-0.39, 0.29) is 17.2 Å².